The van der Waals surface area contributed by atoms with E-state index < -0.39 is 11.9 Å². The summed E-state index contributed by atoms with van der Waals surface area (Å²) in [5, 5.41) is 0.560. The number of hydrogen-bond acceptors (Lipinski definition) is 4. The molecule has 0 atom stereocenters. The zero-order valence-corrected chi connectivity index (χ0v) is 10.8. The predicted molar refractivity (Wildman–Crippen MR) is 72.3 cm³/mol. The first-order valence-corrected chi connectivity index (χ1v) is 6.45. The van der Waals surface area contributed by atoms with Crippen LogP contribution >= 0.6 is 11.3 Å². The van der Waals surface area contributed by atoms with Crippen molar-refractivity contribution in [1.29, 1.82) is 0 Å². The highest BCUT2D eigenvalue weighted by Crippen LogP contribution is 2.35. The van der Waals surface area contributed by atoms with E-state index in [2.05, 4.69) is 9.97 Å². The molecule has 0 aliphatic heterocycles. The molecule has 0 fully saturated rings. The quantitative estimate of drug-likeness (QED) is 0.739. The molecule has 102 valence electrons. The Morgan fingerprint density at radius 3 is 2.55 bits per heavy atom. The van der Waals surface area contributed by atoms with Gasteiger partial charge in [-0.05, 0) is 18.2 Å². The van der Waals surface area contributed by atoms with Gasteiger partial charge in [-0.1, -0.05) is 12.1 Å². The number of para-hydroxylation sites is 1. The molecule has 0 radical (unpaired) electrons. The van der Waals surface area contributed by atoms with E-state index in [1.807, 2.05) is 24.3 Å². The summed E-state index contributed by atoms with van der Waals surface area (Å²) in [6.07, 6.45) is -3.38. The molecule has 7 heteroatoms. The molecular weight excluding hydrogens is 287 g/mol. The number of alkyl halides is 3. The van der Waals surface area contributed by atoms with Crippen molar-refractivity contribution in [2.24, 2.45) is 0 Å². The van der Waals surface area contributed by atoms with Crippen LogP contribution in [0.1, 0.15) is 5.69 Å². The minimum absolute atomic E-state index is 0.0198. The number of fused-ring (bicyclic) bond motifs is 1. The number of hydrogen-bond donors (Lipinski definition) is 1. The lowest BCUT2D eigenvalue weighted by Gasteiger charge is -2.08. The van der Waals surface area contributed by atoms with Crippen molar-refractivity contribution in [2.45, 2.75) is 6.18 Å². The lowest BCUT2D eigenvalue weighted by Crippen LogP contribution is -2.08. The Labute approximate surface area is 115 Å². The summed E-state index contributed by atoms with van der Waals surface area (Å²) >= 11 is 1.37. The first-order valence-electron chi connectivity index (χ1n) is 5.64. The van der Waals surface area contributed by atoms with Gasteiger partial charge in [-0.25, -0.2) is 4.98 Å². The first kappa shape index (κ1) is 12.9. The fourth-order valence-electron chi connectivity index (χ4n) is 1.79. The number of anilines is 1. The summed E-state index contributed by atoms with van der Waals surface area (Å²) in [6.45, 7) is 0. The smallest absolute Gasteiger partial charge is 0.398 e. The van der Waals surface area contributed by atoms with Crippen LogP contribution in [0.25, 0.3) is 20.8 Å². The topological polar surface area (TPSA) is 51.8 Å². The maximum atomic E-state index is 12.5. The van der Waals surface area contributed by atoms with Crippen LogP contribution in [0.2, 0.25) is 0 Å². The highest BCUT2D eigenvalue weighted by atomic mass is 32.1. The van der Waals surface area contributed by atoms with Gasteiger partial charge in [0.1, 0.15) is 10.7 Å². The Bertz CT molecular complexity index is 747. The van der Waals surface area contributed by atoms with E-state index in [1.165, 1.54) is 11.3 Å². The highest BCUT2D eigenvalue weighted by molar-refractivity contribution is 7.21. The summed E-state index contributed by atoms with van der Waals surface area (Å²) in [6, 6.07) is 8.29. The molecule has 0 saturated carbocycles. The Balaban J connectivity index is 2.10. The Hall–Kier alpha value is -2.15. The third-order valence-corrected chi connectivity index (χ3v) is 3.82. The van der Waals surface area contributed by atoms with E-state index in [1.54, 1.807) is 0 Å². The highest BCUT2D eigenvalue weighted by Gasteiger charge is 2.33. The second kappa shape index (κ2) is 4.45. The van der Waals surface area contributed by atoms with Crippen molar-refractivity contribution in [3.63, 3.8) is 0 Å². The average Bonchev–Trinajstić information content (AvgIpc) is 2.80. The number of pyridine rings is 1. The van der Waals surface area contributed by atoms with Crippen molar-refractivity contribution in [3.8, 4) is 10.6 Å². The van der Waals surface area contributed by atoms with Crippen LogP contribution in [0.15, 0.2) is 36.5 Å². The van der Waals surface area contributed by atoms with Gasteiger partial charge in [0, 0.05) is 11.9 Å². The molecule has 0 unspecified atom stereocenters. The molecule has 2 N–H and O–H groups in total. The van der Waals surface area contributed by atoms with Gasteiger partial charge in [-0.2, -0.15) is 13.2 Å². The second-order valence-electron chi connectivity index (χ2n) is 4.14. The lowest BCUT2D eigenvalue weighted by molar-refractivity contribution is -0.141. The summed E-state index contributed by atoms with van der Waals surface area (Å²) in [7, 11) is 0. The van der Waals surface area contributed by atoms with Gasteiger partial charge < -0.3 is 5.73 Å². The van der Waals surface area contributed by atoms with Crippen molar-refractivity contribution in [3.05, 3.63) is 42.2 Å². The molecule has 0 aliphatic rings. The van der Waals surface area contributed by atoms with E-state index in [4.69, 9.17) is 5.73 Å². The average molecular weight is 295 g/mol. The number of nitrogens with two attached hydrogens (primary N) is 1. The molecule has 2 aromatic heterocycles. The summed E-state index contributed by atoms with van der Waals surface area (Å²) in [5.74, 6) is 0. The molecule has 0 bridgehead atoms. The van der Waals surface area contributed by atoms with Crippen LogP contribution in [0, 0.1) is 0 Å². The minimum atomic E-state index is -4.50. The summed E-state index contributed by atoms with van der Waals surface area (Å²) < 4.78 is 38.6. The number of halogens is 3. The van der Waals surface area contributed by atoms with Gasteiger partial charge in [0.2, 0.25) is 0 Å². The zero-order valence-electron chi connectivity index (χ0n) is 9.98. The van der Waals surface area contributed by atoms with Crippen molar-refractivity contribution in [2.75, 3.05) is 5.73 Å². The molecule has 0 aliphatic carbocycles. The van der Waals surface area contributed by atoms with E-state index in [0.29, 0.717) is 10.6 Å². The normalized spacial score (nSPS) is 11.9. The van der Waals surface area contributed by atoms with Crippen LogP contribution in [-0.4, -0.2) is 9.97 Å². The molecular formula is C13H8F3N3S. The van der Waals surface area contributed by atoms with Gasteiger partial charge >= 0.3 is 6.18 Å². The lowest BCUT2D eigenvalue weighted by atomic mass is 10.2. The number of aromatic nitrogens is 2. The fraction of sp³-hybridized carbons (Fsp3) is 0.0769. The molecule has 0 saturated heterocycles. The van der Waals surface area contributed by atoms with Crippen LogP contribution in [0.4, 0.5) is 18.9 Å². The third kappa shape index (κ3) is 2.20. The molecule has 3 aromatic rings. The standard InChI is InChI=1S/C13H8F3N3S/c14-13(15,16)11-5-8(17)7(6-18-11)12-19-9-3-1-2-4-10(9)20-12/h1-6H,(H2,17,18). The van der Waals surface area contributed by atoms with Crippen molar-refractivity contribution in [1.82, 2.24) is 9.97 Å². The van der Waals surface area contributed by atoms with Gasteiger partial charge in [0.15, 0.2) is 0 Å². The van der Waals surface area contributed by atoms with Crippen LogP contribution in [0.5, 0.6) is 0 Å². The van der Waals surface area contributed by atoms with Crippen LogP contribution in [0.3, 0.4) is 0 Å². The number of nitrogens with zero attached hydrogens (tertiary/aromatic N) is 2. The Kier molecular flexibility index (Phi) is 2.86. The molecule has 1 aromatic carbocycles. The van der Waals surface area contributed by atoms with Gasteiger partial charge in [-0.3, -0.25) is 4.98 Å². The predicted octanol–water partition coefficient (Wildman–Crippen LogP) is 3.96. The molecule has 0 spiro atoms. The molecule has 3 rings (SSSR count). The third-order valence-electron chi connectivity index (χ3n) is 2.75. The number of thiazole rings is 1. The number of benzene rings is 1. The van der Waals surface area contributed by atoms with Gasteiger partial charge in [-0.15, -0.1) is 11.3 Å². The number of rotatable bonds is 1. The molecule has 20 heavy (non-hydrogen) atoms. The maximum absolute atomic E-state index is 12.5. The van der Waals surface area contributed by atoms with Gasteiger partial charge in [0.05, 0.1) is 15.8 Å². The van der Waals surface area contributed by atoms with Crippen LogP contribution < -0.4 is 5.73 Å². The fourth-order valence-corrected chi connectivity index (χ4v) is 2.79. The van der Waals surface area contributed by atoms with E-state index >= 15 is 0 Å². The summed E-state index contributed by atoms with van der Waals surface area (Å²) in [5.41, 5.74) is 5.92. The maximum Gasteiger partial charge on any atom is 0.433 e. The van der Waals surface area contributed by atoms with Crippen molar-refractivity contribution >= 4 is 27.2 Å². The molecule has 2 heterocycles. The Morgan fingerprint density at radius 2 is 1.90 bits per heavy atom. The summed E-state index contributed by atoms with van der Waals surface area (Å²) in [4.78, 5) is 7.77. The molecule has 0 amide bonds. The monoisotopic (exact) mass is 295 g/mol. The van der Waals surface area contributed by atoms with Crippen LogP contribution in [-0.2, 0) is 6.18 Å². The molecule has 3 nitrogen and oxygen atoms in total. The Morgan fingerprint density at radius 1 is 1.15 bits per heavy atom. The number of nitrogen functional groups attached to an aromatic ring is 1. The minimum Gasteiger partial charge on any atom is -0.398 e. The van der Waals surface area contributed by atoms with Crippen molar-refractivity contribution < 1.29 is 13.2 Å². The zero-order chi connectivity index (χ0) is 14.3. The first-order chi connectivity index (χ1) is 9.45. The van der Waals surface area contributed by atoms with E-state index in [0.717, 1.165) is 22.5 Å². The van der Waals surface area contributed by atoms with Gasteiger partial charge in [0.25, 0.3) is 0 Å². The largest absolute Gasteiger partial charge is 0.433 e. The SMILES string of the molecule is Nc1cc(C(F)(F)F)ncc1-c1nc2ccccc2s1. The second-order valence-corrected chi connectivity index (χ2v) is 5.17. The van der Waals surface area contributed by atoms with E-state index in [-0.39, 0.29) is 5.69 Å². The van der Waals surface area contributed by atoms with E-state index in [9.17, 15) is 13.2 Å².